The molecular weight excluding hydrogens is 200 g/mol. The summed E-state index contributed by atoms with van der Waals surface area (Å²) in [5.74, 6) is 0.668. The summed E-state index contributed by atoms with van der Waals surface area (Å²) in [5, 5.41) is 3.12. The van der Waals surface area contributed by atoms with E-state index in [1.54, 1.807) is 12.4 Å². The molecule has 0 aromatic carbocycles. The fourth-order valence-corrected chi connectivity index (χ4v) is 1.47. The van der Waals surface area contributed by atoms with Crippen LogP contribution >= 0.6 is 0 Å². The van der Waals surface area contributed by atoms with Crippen LogP contribution in [-0.2, 0) is 0 Å². The molecule has 0 unspecified atom stereocenters. The van der Waals surface area contributed by atoms with Crippen molar-refractivity contribution in [3.05, 3.63) is 36.3 Å². The SMILES string of the molecule is CCNc1nc(C)cc(-c2cccnc2)n1. The van der Waals surface area contributed by atoms with Crippen LogP contribution in [0.15, 0.2) is 30.6 Å². The zero-order chi connectivity index (χ0) is 11.4. The molecule has 0 spiro atoms. The Morgan fingerprint density at radius 2 is 2.19 bits per heavy atom. The van der Waals surface area contributed by atoms with Gasteiger partial charge in [0.15, 0.2) is 0 Å². The Balaban J connectivity index is 2.41. The van der Waals surface area contributed by atoms with Crippen LogP contribution in [0.25, 0.3) is 11.3 Å². The number of aromatic nitrogens is 3. The summed E-state index contributed by atoms with van der Waals surface area (Å²) in [4.78, 5) is 12.8. The summed E-state index contributed by atoms with van der Waals surface area (Å²) in [7, 11) is 0. The summed E-state index contributed by atoms with van der Waals surface area (Å²) in [6.45, 7) is 4.80. The summed E-state index contributed by atoms with van der Waals surface area (Å²) in [6.07, 6.45) is 3.56. The lowest BCUT2D eigenvalue weighted by Crippen LogP contribution is -2.03. The monoisotopic (exact) mass is 214 g/mol. The Morgan fingerprint density at radius 3 is 2.88 bits per heavy atom. The number of hydrogen-bond donors (Lipinski definition) is 1. The van der Waals surface area contributed by atoms with E-state index in [-0.39, 0.29) is 0 Å². The van der Waals surface area contributed by atoms with Crippen LogP contribution in [0, 0.1) is 6.92 Å². The summed E-state index contributed by atoms with van der Waals surface area (Å²) >= 11 is 0. The zero-order valence-electron chi connectivity index (χ0n) is 9.44. The van der Waals surface area contributed by atoms with Crippen LogP contribution < -0.4 is 5.32 Å². The molecule has 0 bridgehead atoms. The second kappa shape index (κ2) is 4.70. The predicted octanol–water partition coefficient (Wildman–Crippen LogP) is 2.28. The highest BCUT2D eigenvalue weighted by Gasteiger charge is 2.03. The van der Waals surface area contributed by atoms with Gasteiger partial charge in [-0.2, -0.15) is 0 Å². The molecule has 2 rings (SSSR count). The van der Waals surface area contributed by atoms with Crippen molar-refractivity contribution < 1.29 is 0 Å². The van der Waals surface area contributed by atoms with Gasteiger partial charge in [-0.3, -0.25) is 4.98 Å². The number of anilines is 1. The van der Waals surface area contributed by atoms with Gasteiger partial charge < -0.3 is 5.32 Å². The molecule has 0 saturated carbocycles. The van der Waals surface area contributed by atoms with Gasteiger partial charge in [-0.15, -0.1) is 0 Å². The molecule has 0 aliphatic carbocycles. The van der Waals surface area contributed by atoms with Gasteiger partial charge in [-0.1, -0.05) is 0 Å². The first kappa shape index (κ1) is 10.5. The molecule has 0 saturated heterocycles. The van der Waals surface area contributed by atoms with E-state index in [9.17, 15) is 0 Å². The Bertz CT molecular complexity index is 468. The summed E-state index contributed by atoms with van der Waals surface area (Å²) < 4.78 is 0. The minimum absolute atomic E-state index is 0.668. The Kier molecular flexibility index (Phi) is 3.10. The number of nitrogens with one attached hydrogen (secondary N) is 1. The van der Waals surface area contributed by atoms with Crippen molar-refractivity contribution in [2.45, 2.75) is 13.8 Å². The van der Waals surface area contributed by atoms with E-state index < -0.39 is 0 Å². The fourth-order valence-electron chi connectivity index (χ4n) is 1.47. The number of rotatable bonds is 3. The van der Waals surface area contributed by atoms with Crippen LogP contribution in [0.5, 0.6) is 0 Å². The molecule has 0 fully saturated rings. The minimum Gasteiger partial charge on any atom is -0.354 e. The largest absolute Gasteiger partial charge is 0.354 e. The lowest BCUT2D eigenvalue weighted by Gasteiger charge is -2.06. The molecule has 0 amide bonds. The highest BCUT2D eigenvalue weighted by molar-refractivity contribution is 5.59. The standard InChI is InChI=1S/C12H14N4/c1-3-14-12-15-9(2)7-11(16-12)10-5-4-6-13-8-10/h4-8H,3H2,1-2H3,(H,14,15,16). The van der Waals surface area contributed by atoms with E-state index in [0.29, 0.717) is 5.95 Å². The summed E-state index contributed by atoms with van der Waals surface area (Å²) in [5.41, 5.74) is 2.86. The van der Waals surface area contributed by atoms with Crippen LogP contribution in [0.3, 0.4) is 0 Å². The van der Waals surface area contributed by atoms with E-state index in [4.69, 9.17) is 0 Å². The normalized spacial score (nSPS) is 10.1. The van der Waals surface area contributed by atoms with Crippen molar-refractivity contribution >= 4 is 5.95 Å². The average molecular weight is 214 g/mol. The van der Waals surface area contributed by atoms with Gasteiger partial charge in [0.2, 0.25) is 5.95 Å². The molecule has 16 heavy (non-hydrogen) atoms. The first-order valence-electron chi connectivity index (χ1n) is 5.29. The minimum atomic E-state index is 0.668. The van der Waals surface area contributed by atoms with Crippen LogP contribution in [0.2, 0.25) is 0 Å². The number of aryl methyl sites for hydroxylation is 1. The van der Waals surface area contributed by atoms with Gasteiger partial charge >= 0.3 is 0 Å². The number of pyridine rings is 1. The lowest BCUT2D eigenvalue weighted by molar-refractivity contribution is 1.05. The number of nitrogens with zero attached hydrogens (tertiary/aromatic N) is 3. The molecular formula is C12H14N4. The molecule has 2 aromatic heterocycles. The van der Waals surface area contributed by atoms with Gasteiger partial charge in [-0.05, 0) is 32.0 Å². The van der Waals surface area contributed by atoms with Crippen molar-refractivity contribution in [3.8, 4) is 11.3 Å². The van der Waals surface area contributed by atoms with E-state index in [1.807, 2.05) is 32.0 Å². The quantitative estimate of drug-likeness (QED) is 0.851. The number of hydrogen-bond acceptors (Lipinski definition) is 4. The van der Waals surface area contributed by atoms with Gasteiger partial charge in [0, 0.05) is 30.2 Å². The van der Waals surface area contributed by atoms with E-state index in [0.717, 1.165) is 23.5 Å². The molecule has 0 radical (unpaired) electrons. The summed E-state index contributed by atoms with van der Waals surface area (Å²) in [6, 6.07) is 5.85. The Labute approximate surface area is 94.8 Å². The first-order valence-corrected chi connectivity index (χ1v) is 5.29. The van der Waals surface area contributed by atoms with Gasteiger partial charge in [0.05, 0.1) is 5.69 Å². The van der Waals surface area contributed by atoms with Gasteiger partial charge in [0.1, 0.15) is 0 Å². The van der Waals surface area contributed by atoms with E-state index in [1.165, 1.54) is 0 Å². The van der Waals surface area contributed by atoms with Crippen LogP contribution in [0.4, 0.5) is 5.95 Å². The molecule has 4 heteroatoms. The maximum atomic E-state index is 4.43. The van der Waals surface area contributed by atoms with Gasteiger partial charge in [0.25, 0.3) is 0 Å². The zero-order valence-corrected chi connectivity index (χ0v) is 9.44. The molecule has 4 nitrogen and oxygen atoms in total. The van der Waals surface area contributed by atoms with Crippen molar-refractivity contribution in [2.24, 2.45) is 0 Å². The highest BCUT2D eigenvalue weighted by Crippen LogP contribution is 2.17. The third kappa shape index (κ3) is 2.34. The van der Waals surface area contributed by atoms with E-state index in [2.05, 4.69) is 20.3 Å². The topological polar surface area (TPSA) is 50.7 Å². The van der Waals surface area contributed by atoms with Crippen molar-refractivity contribution in [3.63, 3.8) is 0 Å². The molecule has 2 aromatic rings. The van der Waals surface area contributed by atoms with Crippen LogP contribution in [-0.4, -0.2) is 21.5 Å². The molecule has 82 valence electrons. The fraction of sp³-hybridized carbons (Fsp3) is 0.250. The lowest BCUT2D eigenvalue weighted by atomic mass is 10.2. The van der Waals surface area contributed by atoms with Crippen LogP contribution in [0.1, 0.15) is 12.6 Å². The molecule has 0 aliphatic rings. The van der Waals surface area contributed by atoms with Gasteiger partial charge in [-0.25, -0.2) is 9.97 Å². The second-order valence-corrected chi connectivity index (χ2v) is 3.49. The maximum Gasteiger partial charge on any atom is 0.223 e. The highest BCUT2D eigenvalue weighted by atomic mass is 15.1. The maximum absolute atomic E-state index is 4.43. The molecule has 1 N–H and O–H groups in total. The Morgan fingerprint density at radius 1 is 1.31 bits per heavy atom. The van der Waals surface area contributed by atoms with Crippen molar-refractivity contribution in [2.75, 3.05) is 11.9 Å². The average Bonchev–Trinajstić information content (AvgIpc) is 2.30. The third-order valence-corrected chi connectivity index (χ3v) is 2.15. The molecule has 2 heterocycles. The third-order valence-electron chi connectivity index (χ3n) is 2.15. The molecule has 0 atom stereocenters. The van der Waals surface area contributed by atoms with E-state index >= 15 is 0 Å². The van der Waals surface area contributed by atoms with Crippen molar-refractivity contribution in [1.82, 2.24) is 15.0 Å². The predicted molar refractivity (Wildman–Crippen MR) is 64.2 cm³/mol. The van der Waals surface area contributed by atoms with Crippen molar-refractivity contribution in [1.29, 1.82) is 0 Å². The first-order chi connectivity index (χ1) is 7.79. The smallest absolute Gasteiger partial charge is 0.223 e. The Hall–Kier alpha value is -1.97. The second-order valence-electron chi connectivity index (χ2n) is 3.49. The molecule has 0 aliphatic heterocycles.